The molecule has 7 heteroatoms. The Morgan fingerprint density at radius 3 is 2.81 bits per heavy atom. The molecule has 0 saturated carbocycles. The fourth-order valence-electron chi connectivity index (χ4n) is 3.98. The van der Waals surface area contributed by atoms with Gasteiger partial charge >= 0.3 is 0 Å². The molecule has 0 radical (unpaired) electrons. The second-order valence-corrected chi connectivity index (χ2v) is 9.50. The fraction of sp³-hybridized carbons (Fsp3) is 0.400. The van der Waals surface area contributed by atoms with E-state index in [0.29, 0.717) is 17.1 Å². The zero-order chi connectivity index (χ0) is 23.5. The van der Waals surface area contributed by atoms with Crippen molar-refractivity contribution in [3.05, 3.63) is 65.3 Å². The quantitative estimate of drug-likeness (QED) is 0.601. The first kappa shape index (κ1) is 23.9. The third-order valence-electron chi connectivity index (χ3n) is 5.63. The summed E-state index contributed by atoms with van der Waals surface area (Å²) >= 11 is 1.46. The van der Waals surface area contributed by atoms with Gasteiger partial charge in [0.15, 0.2) is 0 Å². The normalized spacial score (nSPS) is 19.2. The topological polar surface area (TPSA) is 67.2 Å². The Balaban J connectivity index is 2.06. The molecule has 2 atom stereocenters. The molecule has 1 aromatic carbocycles. The van der Waals surface area contributed by atoms with Crippen LogP contribution in [0.4, 0.5) is 5.69 Å². The average molecular weight is 453 g/mol. The van der Waals surface area contributed by atoms with Crippen molar-refractivity contribution in [2.45, 2.75) is 65.6 Å². The molecule has 2 aromatic rings. The predicted octanol–water partition coefficient (Wildman–Crippen LogP) is 5.15. The zero-order valence-electron chi connectivity index (χ0n) is 19.5. The van der Waals surface area contributed by atoms with Gasteiger partial charge in [-0.1, -0.05) is 49.9 Å². The molecular formula is C25H32N4O2S. The Hall–Kier alpha value is -2.80. The highest BCUT2D eigenvalue weighted by Gasteiger charge is 2.49. The monoisotopic (exact) mass is 452 g/mol. The number of hydrogen-bond donors (Lipinski definition) is 1. The molecule has 0 saturated heterocycles. The van der Waals surface area contributed by atoms with Crippen molar-refractivity contribution in [1.29, 1.82) is 0 Å². The largest absolute Gasteiger partial charge is 0.352 e. The van der Waals surface area contributed by atoms with E-state index in [1.807, 2.05) is 63.4 Å². The smallest absolute Gasteiger partial charge is 0.277 e. The third-order valence-corrected chi connectivity index (χ3v) is 6.54. The molecule has 2 heterocycles. The number of nitrogens with one attached hydrogen (secondary N) is 1. The minimum atomic E-state index is -1.12. The Kier molecular flexibility index (Phi) is 7.29. The summed E-state index contributed by atoms with van der Waals surface area (Å²) in [6.07, 6.45) is 3.77. The minimum absolute atomic E-state index is 0.0189. The van der Waals surface area contributed by atoms with Crippen LogP contribution in [-0.4, -0.2) is 33.2 Å². The molecule has 6 nitrogen and oxygen atoms in total. The Morgan fingerprint density at radius 1 is 1.41 bits per heavy atom. The third kappa shape index (κ3) is 4.67. The maximum absolute atomic E-state index is 13.7. The van der Waals surface area contributed by atoms with Gasteiger partial charge in [-0.05, 0) is 63.3 Å². The van der Waals surface area contributed by atoms with E-state index < -0.39 is 5.54 Å². The fourth-order valence-corrected chi connectivity index (χ4v) is 4.51. The van der Waals surface area contributed by atoms with Crippen LogP contribution < -0.4 is 10.2 Å². The molecule has 0 fully saturated rings. The van der Waals surface area contributed by atoms with E-state index in [-0.39, 0.29) is 24.4 Å². The van der Waals surface area contributed by atoms with Gasteiger partial charge in [-0.15, -0.1) is 0 Å². The summed E-state index contributed by atoms with van der Waals surface area (Å²) < 4.78 is 1.65. The van der Waals surface area contributed by atoms with E-state index in [4.69, 9.17) is 0 Å². The zero-order valence-corrected chi connectivity index (χ0v) is 20.3. The predicted molar refractivity (Wildman–Crippen MR) is 133 cm³/mol. The first-order chi connectivity index (χ1) is 15.2. The van der Waals surface area contributed by atoms with Crippen molar-refractivity contribution in [2.75, 3.05) is 4.90 Å². The van der Waals surface area contributed by atoms with Crippen LogP contribution in [0.3, 0.4) is 0 Å². The number of rotatable bonds is 8. The van der Waals surface area contributed by atoms with Crippen molar-refractivity contribution >= 4 is 34.2 Å². The van der Waals surface area contributed by atoms with Crippen LogP contribution in [0.1, 0.15) is 62.3 Å². The molecular weight excluding hydrogens is 420 g/mol. The van der Waals surface area contributed by atoms with Gasteiger partial charge in [-0.2, -0.15) is 5.10 Å². The van der Waals surface area contributed by atoms with Crippen molar-refractivity contribution in [3.63, 3.8) is 0 Å². The van der Waals surface area contributed by atoms with Gasteiger partial charge in [0.2, 0.25) is 5.91 Å². The molecule has 32 heavy (non-hydrogen) atoms. The van der Waals surface area contributed by atoms with Gasteiger partial charge in [0.1, 0.15) is 11.2 Å². The number of aryl methyl sites for hydroxylation is 1. The van der Waals surface area contributed by atoms with Gasteiger partial charge < -0.3 is 5.32 Å². The van der Waals surface area contributed by atoms with Crippen molar-refractivity contribution in [2.24, 2.45) is 0 Å². The van der Waals surface area contributed by atoms with Crippen LogP contribution >= 0.6 is 11.8 Å². The number of thioether (sulfide) groups is 1. The summed E-state index contributed by atoms with van der Waals surface area (Å²) in [5.41, 5.74) is 1.70. The lowest BCUT2D eigenvalue weighted by Crippen LogP contribution is -2.65. The van der Waals surface area contributed by atoms with Gasteiger partial charge in [0.05, 0.1) is 12.2 Å². The van der Waals surface area contributed by atoms with Crippen LogP contribution in [0.2, 0.25) is 0 Å². The molecule has 2 amide bonds. The summed E-state index contributed by atoms with van der Waals surface area (Å²) in [6, 6.07) is 9.48. The van der Waals surface area contributed by atoms with Crippen molar-refractivity contribution in [3.8, 4) is 0 Å². The summed E-state index contributed by atoms with van der Waals surface area (Å²) in [5, 5.41) is 9.66. The SMILES string of the molecule is C=C(S/C=C\C)c1cc2n(n1)CC(C)(C(=O)NC(C)CCC)N(c1cccc(C)c1)C2=O. The summed E-state index contributed by atoms with van der Waals surface area (Å²) in [6.45, 7) is 14.1. The number of allylic oxidation sites excluding steroid dienone is 1. The Morgan fingerprint density at radius 2 is 2.16 bits per heavy atom. The lowest BCUT2D eigenvalue weighted by atomic mass is 9.93. The number of hydrogen-bond acceptors (Lipinski definition) is 4. The minimum Gasteiger partial charge on any atom is -0.352 e. The second-order valence-electron chi connectivity index (χ2n) is 8.50. The number of fused-ring (bicyclic) bond motifs is 1. The first-order valence-electron chi connectivity index (χ1n) is 11.0. The van der Waals surface area contributed by atoms with E-state index in [0.717, 1.165) is 23.3 Å². The van der Waals surface area contributed by atoms with E-state index in [2.05, 4.69) is 23.9 Å². The van der Waals surface area contributed by atoms with Gasteiger partial charge in [-0.3, -0.25) is 19.2 Å². The van der Waals surface area contributed by atoms with E-state index in [1.54, 1.807) is 15.6 Å². The highest BCUT2D eigenvalue weighted by molar-refractivity contribution is 8.10. The lowest BCUT2D eigenvalue weighted by molar-refractivity contribution is -0.127. The Bertz CT molecular complexity index is 1060. The van der Waals surface area contributed by atoms with Crippen LogP contribution in [0.5, 0.6) is 0 Å². The molecule has 1 aliphatic rings. The molecule has 0 spiro atoms. The number of aromatic nitrogens is 2. The highest BCUT2D eigenvalue weighted by atomic mass is 32.2. The summed E-state index contributed by atoms with van der Waals surface area (Å²) in [5.74, 6) is -0.427. The Labute approximate surface area is 194 Å². The maximum Gasteiger partial charge on any atom is 0.277 e. The van der Waals surface area contributed by atoms with E-state index in [1.165, 1.54) is 11.8 Å². The molecule has 1 N–H and O–H groups in total. The number of carbonyl (C=O) groups is 2. The molecule has 3 rings (SSSR count). The molecule has 0 aliphatic carbocycles. The molecule has 170 valence electrons. The maximum atomic E-state index is 13.7. The number of amides is 2. The van der Waals surface area contributed by atoms with Gasteiger partial charge in [0, 0.05) is 16.6 Å². The van der Waals surface area contributed by atoms with Gasteiger partial charge in [0.25, 0.3) is 5.91 Å². The van der Waals surface area contributed by atoms with Crippen LogP contribution in [0.25, 0.3) is 4.91 Å². The highest BCUT2D eigenvalue weighted by Crippen LogP contribution is 2.35. The standard InChI is InChI=1S/C25H32N4O2S/c1-7-10-18(4)26-24(31)25(6)16-28-22(15-21(27-28)19(5)32-13-8-2)23(30)29(25)20-12-9-11-17(3)14-20/h8-9,11-15,18H,5,7,10,16H2,1-4,6H3,(H,26,31)/b13-8-. The molecule has 1 aromatic heterocycles. The van der Waals surface area contributed by atoms with E-state index in [9.17, 15) is 9.59 Å². The molecule has 1 aliphatic heterocycles. The number of anilines is 1. The molecule has 2 unspecified atom stereocenters. The van der Waals surface area contributed by atoms with Gasteiger partial charge in [-0.25, -0.2) is 0 Å². The first-order valence-corrected chi connectivity index (χ1v) is 11.9. The van der Waals surface area contributed by atoms with Crippen molar-refractivity contribution in [1.82, 2.24) is 15.1 Å². The second kappa shape index (κ2) is 9.77. The van der Waals surface area contributed by atoms with Crippen LogP contribution in [0, 0.1) is 6.92 Å². The lowest BCUT2D eigenvalue weighted by Gasteiger charge is -2.43. The number of nitrogens with zero attached hydrogens (tertiary/aromatic N) is 3. The van der Waals surface area contributed by atoms with E-state index >= 15 is 0 Å². The molecule has 0 bridgehead atoms. The van der Waals surface area contributed by atoms with Crippen molar-refractivity contribution < 1.29 is 9.59 Å². The van der Waals surface area contributed by atoms with Crippen LogP contribution in [-0.2, 0) is 11.3 Å². The summed E-state index contributed by atoms with van der Waals surface area (Å²) in [7, 11) is 0. The number of benzene rings is 1. The summed E-state index contributed by atoms with van der Waals surface area (Å²) in [4.78, 5) is 29.7. The average Bonchev–Trinajstić information content (AvgIpc) is 3.16. The van der Waals surface area contributed by atoms with Crippen LogP contribution in [0.15, 0.2) is 48.4 Å². The number of carbonyl (C=O) groups excluding carboxylic acids is 2.